The van der Waals surface area contributed by atoms with Gasteiger partial charge in [0.1, 0.15) is 11.4 Å². The Bertz CT molecular complexity index is 589. The molecule has 124 valence electrons. The Labute approximate surface area is 137 Å². The van der Waals surface area contributed by atoms with E-state index in [9.17, 15) is 14.4 Å². The number of carbonyl (C=O) groups is 1. The average molecular weight is 317 g/mol. The van der Waals surface area contributed by atoms with E-state index >= 15 is 0 Å². The van der Waals surface area contributed by atoms with Gasteiger partial charge in [0.05, 0.1) is 12.6 Å². The summed E-state index contributed by atoms with van der Waals surface area (Å²) in [6.07, 6.45) is 2.16. The van der Waals surface area contributed by atoms with Crippen LogP contribution in [0.1, 0.15) is 39.2 Å². The fourth-order valence-electron chi connectivity index (χ4n) is 2.39. The predicted octanol–water partition coefficient (Wildman–Crippen LogP) is 2.84. The van der Waals surface area contributed by atoms with Crippen LogP contribution in [0.5, 0.6) is 0 Å². The number of rotatable bonds is 7. The van der Waals surface area contributed by atoms with Crippen molar-refractivity contribution in [3.63, 3.8) is 0 Å². The molecule has 1 aliphatic carbocycles. The molecule has 1 aliphatic rings. The van der Waals surface area contributed by atoms with Gasteiger partial charge in [-0.25, -0.2) is 4.39 Å². The van der Waals surface area contributed by atoms with Gasteiger partial charge in [-0.05, 0) is 43.4 Å². The molecule has 1 aromatic carbocycles. The number of nitrogens with zero attached hydrogens (tertiary/aromatic N) is 2. The Morgan fingerprint density at radius 3 is 2.52 bits per heavy atom. The minimum Gasteiger partial charge on any atom is -0.337 e. The second kappa shape index (κ2) is 7.10. The molecule has 1 aromatic rings. The van der Waals surface area contributed by atoms with Crippen molar-refractivity contribution < 1.29 is 9.18 Å². The van der Waals surface area contributed by atoms with Crippen LogP contribution >= 0.6 is 0 Å². The first-order valence-electron chi connectivity index (χ1n) is 8.05. The third-order valence-corrected chi connectivity index (χ3v) is 4.49. The maximum Gasteiger partial charge on any atom is 0.235 e. The van der Waals surface area contributed by atoms with Crippen LogP contribution in [0.25, 0.3) is 0 Å². The lowest BCUT2D eigenvalue weighted by atomic mass is 9.90. The number of hydrogen-bond acceptors (Lipinski definition) is 3. The van der Waals surface area contributed by atoms with Gasteiger partial charge in [0.15, 0.2) is 0 Å². The molecule has 0 bridgehead atoms. The Kier molecular flexibility index (Phi) is 5.38. The van der Waals surface area contributed by atoms with Crippen molar-refractivity contribution in [3.8, 4) is 6.07 Å². The van der Waals surface area contributed by atoms with Crippen molar-refractivity contribution >= 4 is 5.91 Å². The molecule has 23 heavy (non-hydrogen) atoms. The molecule has 1 saturated carbocycles. The lowest BCUT2D eigenvalue weighted by Gasteiger charge is -2.29. The zero-order valence-electron chi connectivity index (χ0n) is 14.0. The highest BCUT2D eigenvalue weighted by atomic mass is 19.1. The summed E-state index contributed by atoms with van der Waals surface area (Å²) >= 11 is 0. The lowest BCUT2D eigenvalue weighted by Crippen LogP contribution is -2.52. The fourth-order valence-corrected chi connectivity index (χ4v) is 2.39. The minimum absolute atomic E-state index is 0.0305. The third kappa shape index (κ3) is 4.77. The van der Waals surface area contributed by atoms with E-state index in [2.05, 4.69) is 16.3 Å². The van der Waals surface area contributed by atoms with E-state index in [1.54, 1.807) is 19.1 Å². The van der Waals surface area contributed by atoms with Crippen molar-refractivity contribution in [2.75, 3.05) is 6.54 Å². The van der Waals surface area contributed by atoms with Crippen LogP contribution in [0.4, 0.5) is 4.39 Å². The summed E-state index contributed by atoms with van der Waals surface area (Å²) in [5, 5.41) is 12.2. The van der Waals surface area contributed by atoms with Gasteiger partial charge in [-0.15, -0.1) is 0 Å². The van der Waals surface area contributed by atoms with E-state index in [1.807, 2.05) is 13.8 Å². The summed E-state index contributed by atoms with van der Waals surface area (Å²) in [7, 11) is 0. The number of nitriles is 1. The number of benzene rings is 1. The Morgan fingerprint density at radius 1 is 1.43 bits per heavy atom. The summed E-state index contributed by atoms with van der Waals surface area (Å²) in [4.78, 5) is 14.4. The van der Waals surface area contributed by atoms with Gasteiger partial charge in [-0.2, -0.15) is 5.26 Å². The number of nitrogens with one attached hydrogen (secondary N) is 1. The van der Waals surface area contributed by atoms with Crippen molar-refractivity contribution in [2.45, 2.75) is 51.7 Å². The van der Waals surface area contributed by atoms with Crippen LogP contribution in [-0.2, 0) is 11.3 Å². The molecule has 4 nitrogen and oxygen atoms in total. The molecule has 1 amide bonds. The topological polar surface area (TPSA) is 56.1 Å². The number of amides is 1. The van der Waals surface area contributed by atoms with Crippen molar-refractivity contribution in [3.05, 3.63) is 35.6 Å². The SMILES string of the molecule is CC(C)C(C)(C#N)NC(=O)CN(Cc1ccc(F)cc1)C1CC1. The van der Waals surface area contributed by atoms with Crippen LogP contribution in [-0.4, -0.2) is 28.9 Å². The molecule has 0 aliphatic heterocycles. The lowest BCUT2D eigenvalue weighted by molar-refractivity contribution is -0.124. The van der Waals surface area contributed by atoms with Gasteiger partial charge in [0, 0.05) is 12.6 Å². The van der Waals surface area contributed by atoms with Crippen LogP contribution in [0.15, 0.2) is 24.3 Å². The number of halogens is 1. The summed E-state index contributed by atoms with van der Waals surface area (Å²) in [5.41, 5.74) is 0.125. The maximum atomic E-state index is 13.0. The van der Waals surface area contributed by atoms with E-state index in [-0.39, 0.29) is 24.2 Å². The number of hydrogen-bond donors (Lipinski definition) is 1. The molecule has 0 aromatic heterocycles. The predicted molar refractivity (Wildman–Crippen MR) is 86.8 cm³/mol. The quantitative estimate of drug-likeness (QED) is 0.841. The van der Waals surface area contributed by atoms with Crippen LogP contribution < -0.4 is 5.32 Å². The van der Waals surface area contributed by atoms with Crippen molar-refractivity contribution in [1.82, 2.24) is 10.2 Å². The molecule has 1 atom stereocenters. The molecule has 0 radical (unpaired) electrons. The molecule has 2 rings (SSSR count). The van der Waals surface area contributed by atoms with Crippen LogP contribution in [0, 0.1) is 23.1 Å². The standard InChI is InChI=1S/C18H24FN3O/c1-13(2)18(3,12-20)21-17(23)11-22(16-8-9-16)10-14-4-6-15(19)7-5-14/h4-7,13,16H,8-11H2,1-3H3,(H,21,23). The first kappa shape index (κ1) is 17.4. The Hall–Kier alpha value is -1.93. The van der Waals surface area contributed by atoms with Gasteiger partial charge in [-0.3, -0.25) is 9.69 Å². The summed E-state index contributed by atoms with van der Waals surface area (Å²) in [5.74, 6) is -0.370. The van der Waals surface area contributed by atoms with E-state index in [1.165, 1.54) is 12.1 Å². The van der Waals surface area contributed by atoms with Gasteiger partial charge < -0.3 is 5.32 Å². The van der Waals surface area contributed by atoms with Gasteiger partial charge in [0.2, 0.25) is 5.91 Å². The first-order chi connectivity index (χ1) is 10.8. The van der Waals surface area contributed by atoms with E-state index in [0.717, 1.165) is 18.4 Å². The minimum atomic E-state index is -0.859. The molecular formula is C18H24FN3O. The van der Waals surface area contributed by atoms with Crippen molar-refractivity contribution in [2.24, 2.45) is 5.92 Å². The summed E-state index contributed by atoms with van der Waals surface area (Å²) in [6.45, 7) is 6.45. The smallest absolute Gasteiger partial charge is 0.235 e. The molecule has 1 fully saturated rings. The average Bonchev–Trinajstić information content (AvgIpc) is 3.33. The molecule has 0 heterocycles. The normalized spacial score (nSPS) is 16.9. The van der Waals surface area contributed by atoms with E-state index in [0.29, 0.717) is 12.6 Å². The van der Waals surface area contributed by atoms with Gasteiger partial charge in [-0.1, -0.05) is 26.0 Å². The van der Waals surface area contributed by atoms with Crippen molar-refractivity contribution in [1.29, 1.82) is 5.26 Å². The Balaban J connectivity index is 1.98. The molecule has 0 saturated heterocycles. The molecule has 1 N–H and O–H groups in total. The Morgan fingerprint density at radius 2 is 2.04 bits per heavy atom. The fraction of sp³-hybridized carbons (Fsp3) is 0.556. The highest BCUT2D eigenvalue weighted by Crippen LogP contribution is 2.28. The van der Waals surface area contributed by atoms with Crippen LogP contribution in [0.3, 0.4) is 0 Å². The van der Waals surface area contributed by atoms with E-state index < -0.39 is 5.54 Å². The van der Waals surface area contributed by atoms with E-state index in [4.69, 9.17) is 0 Å². The molecule has 5 heteroatoms. The highest BCUT2D eigenvalue weighted by molar-refractivity contribution is 5.79. The largest absolute Gasteiger partial charge is 0.337 e. The molecule has 1 unspecified atom stereocenters. The van der Waals surface area contributed by atoms with Gasteiger partial charge >= 0.3 is 0 Å². The zero-order valence-corrected chi connectivity index (χ0v) is 14.0. The monoisotopic (exact) mass is 317 g/mol. The second-order valence-corrected chi connectivity index (χ2v) is 6.78. The molecular weight excluding hydrogens is 293 g/mol. The van der Waals surface area contributed by atoms with Crippen LogP contribution in [0.2, 0.25) is 0 Å². The third-order valence-electron chi connectivity index (χ3n) is 4.49. The highest BCUT2D eigenvalue weighted by Gasteiger charge is 2.34. The zero-order chi connectivity index (χ0) is 17.0. The van der Waals surface area contributed by atoms with Gasteiger partial charge in [0.25, 0.3) is 0 Å². The summed E-state index contributed by atoms with van der Waals surface area (Å²) < 4.78 is 13.0. The summed E-state index contributed by atoms with van der Waals surface area (Å²) in [6, 6.07) is 8.96. The number of carbonyl (C=O) groups excluding carboxylic acids is 1. The molecule has 0 spiro atoms. The second-order valence-electron chi connectivity index (χ2n) is 6.78. The first-order valence-corrected chi connectivity index (χ1v) is 8.05. The maximum absolute atomic E-state index is 13.0.